The molecule has 2 aromatic rings. The zero-order chi connectivity index (χ0) is 16.7. The molecule has 0 aliphatic heterocycles. The normalized spacial score (nSPS) is 12.4. The smallest absolute Gasteiger partial charge is 0.398 e. The number of alkyl halides is 3. The summed E-state index contributed by atoms with van der Waals surface area (Å²) in [5.74, 6) is 0. The van der Waals surface area contributed by atoms with Gasteiger partial charge in [-0.1, -0.05) is 29.3 Å². The quantitative estimate of drug-likeness (QED) is 0.796. The second-order valence-corrected chi connectivity index (χ2v) is 7.01. The number of benzene rings is 2. The van der Waals surface area contributed by atoms with Crippen LogP contribution in [-0.4, -0.2) is 8.42 Å². The standard InChI is InChI=1S/C13H8Cl2F3NO2S/c14-9-2-1-3-11(12(9)15)22(20,21)7-4-5-10(19)8(6-7)13(16,17)18/h1-6H,19H2. The first-order valence-corrected chi connectivity index (χ1v) is 7.95. The van der Waals surface area contributed by atoms with E-state index in [0.29, 0.717) is 6.07 Å². The molecule has 0 aliphatic rings. The van der Waals surface area contributed by atoms with Crippen LogP contribution in [0.3, 0.4) is 0 Å². The minimum Gasteiger partial charge on any atom is -0.398 e. The summed E-state index contributed by atoms with van der Waals surface area (Å²) in [4.78, 5) is -0.947. The third-order valence-corrected chi connectivity index (χ3v) is 5.57. The summed E-state index contributed by atoms with van der Waals surface area (Å²) in [6, 6.07) is 6.20. The Labute approximate surface area is 134 Å². The molecule has 0 heterocycles. The highest BCUT2D eigenvalue weighted by Gasteiger charge is 2.34. The van der Waals surface area contributed by atoms with Gasteiger partial charge in [0.25, 0.3) is 0 Å². The van der Waals surface area contributed by atoms with Gasteiger partial charge < -0.3 is 5.73 Å². The van der Waals surface area contributed by atoms with Crippen LogP contribution in [0.15, 0.2) is 46.2 Å². The molecule has 0 fully saturated rings. The summed E-state index contributed by atoms with van der Waals surface area (Å²) in [6.45, 7) is 0. The summed E-state index contributed by atoms with van der Waals surface area (Å²) in [7, 11) is -4.26. The van der Waals surface area contributed by atoms with Crippen LogP contribution in [-0.2, 0) is 16.0 Å². The van der Waals surface area contributed by atoms with Crippen molar-refractivity contribution in [1.29, 1.82) is 0 Å². The lowest BCUT2D eigenvalue weighted by Crippen LogP contribution is -2.11. The summed E-state index contributed by atoms with van der Waals surface area (Å²) in [6.07, 6.45) is -4.77. The molecule has 0 unspecified atom stereocenters. The SMILES string of the molecule is Nc1ccc(S(=O)(=O)c2cccc(Cl)c2Cl)cc1C(F)(F)F. The maximum Gasteiger partial charge on any atom is 0.418 e. The fourth-order valence-corrected chi connectivity index (χ4v) is 3.81. The van der Waals surface area contributed by atoms with Crippen LogP contribution in [0.4, 0.5) is 18.9 Å². The Balaban J connectivity index is 2.68. The Morgan fingerprint density at radius 3 is 2.27 bits per heavy atom. The molecule has 0 saturated carbocycles. The van der Waals surface area contributed by atoms with Crippen molar-refractivity contribution in [3.8, 4) is 0 Å². The third-order valence-electron chi connectivity index (χ3n) is 2.85. The van der Waals surface area contributed by atoms with E-state index >= 15 is 0 Å². The van der Waals surface area contributed by atoms with Crippen molar-refractivity contribution in [1.82, 2.24) is 0 Å². The Hall–Kier alpha value is -1.44. The van der Waals surface area contributed by atoms with E-state index in [9.17, 15) is 21.6 Å². The molecule has 9 heteroatoms. The summed E-state index contributed by atoms with van der Waals surface area (Å²) >= 11 is 11.6. The van der Waals surface area contributed by atoms with E-state index in [2.05, 4.69) is 0 Å². The minimum atomic E-state index is -4.77. The lowest BCUT2D eigenvalue weighted by molar-refractivity contribution is -0.137. The van der Waals surface area contributed by atoms with Crippen LogP contribution in [0, 0.1) is 0 Å². The molecular weight excluding hydrogens is 362 g/mol. The number of halogens is 5. The first kappa shape index (κ1) is 16.9. The number of hydrogen-bond acceptors (Lipinski definition) is 3. The number of nitrogen functional groups attached to an aromatic ring is 1. The van der Waals surface area contributed by atoms with Crippen LogP contribution in [0.1, 0.15) is 5.56 Å². The molecule has 0 amide bonds. The van der Waals surface area contributed by atoms with Crippen molar-refractivity contribution < 1.29 is 21.6 Å². The first-order valence-electron chi connectivity index (χ1n) is 5.71. The molecule has 0 bridgehead atoms. The second-order valence-electron chi connectivity index (χ2n) is 4.30. The number of rotatable bonds is 2. The predicted molar refractivity (Wildman–Crippen MR) is 77.8 cm³/mol. The lowest BCUT2D eigenvalue weighted by atomic mass is 10.2. The number of sulfone groups is 1. The van der Waals surface area contributed by atoms with E-state index in [4.69, 9.17) is 28.9 Å². The van der Waals surface area contributed by atoms with E-state index < -0.39 is 32.2 Å². The van der Waals surface area contributed by atoms with Crippen molar-refractivity contribution in [3.05, 3.63) is 52.0 Å². The van der Waals surface area contributed by atoms with Gasteiger partial charge in [-0.25, -0.2) is 8.42 Å². The summed E-state index contributed by atoms with van der Waals surface area (Å²) in [5, 5.41) is -0.274. The molecule has 0 spiro atoms. The first-order chi connectivity index (χ1) is 10.0. The molecule has 0 aliphatic carbocycles. The lowest BCUT2D eigenvalue weighted by Gasteiger charge is -2.13. The maximum absolute atomic E-state index is 12.8. The highest BCUT2D eigenvalue weighted by atomic mass is 35.5. The molecule has 2 aromatic carbocycles. The molecule has 3 nitrogen and oxygen atoms in total. The van der Waals surface area contributed by atoms with E-state index in [1.54, 1.807) is 0 Å². The van der Waals surface area contributed by atoms with Crippen LogP contribution >= 0.6 is 23.2 Å². The molecule has 22 heavy (non-hydrogen) atoms. The summed E-state index contributed by atoms with van der Waals surface area (Å²) in [5.41, 5.74) is 3.45. The van der Waals surface area contributed by atoms with Crippen LogP contribution in [0.5, 0.6) is 0 Å². The topological polar surface area (TPSA) is 60.2 Å². The van der Waals surface area contributed by atoms with E-state index in [1.165, 1.54) is 12.1 Å². The molecular formula is C13H8Cl2F3NO2S. The summed E-state index contributed by atoms with van der Waals surface area (Å²) < 4.78 is 63.4. The molecule has 2 N–H and O–H groups in total. The predicted octanol–water partition coefficient (Wildman–Crippen LogP) is 4.43. The van der Waals surface area contributed by atoms with Gasteiger partial charge in [-0.3, -0.25) is 0 Å². The van der Waals surface area contributed by atoms with Crippen molar-refractivity contribution in [2.45, 2.75) is 16.0 Å². The number of anilines is 1. The number of hydrogen-bond donors (Lipinski definition) is 1. The average molecular weight is 370 g/mol. The molecule has 2 rings (SSSR count). The van der Waals surface area contributed by atoms with Crippen molar-refractivity contribution >= 4 is 38.7 Å². The van der Waals surface area contributed by atoms with Crippen molar-refractivity contribution in [2.75, 3.05) is 5.73 Å². The second kappa shape index (κ2) is 5.64. The molecule has 118 valence electrons. The molecule has 0 aromatic heterocycles. The van der Waals surface area contributed by atoms with E-state index in [-0.39, 0.29) is 14.9 Å². The monoisotopic (exact) mass is 369 g/mol. The van der Waals surface area contributed by atoms with Gasteiger partial charge in [0.15, 0.2) is 0 Å². The van der Waals surface area contributed by atoms with Crippen LogP contribution in [0.2, 0.25) is 10.0 Å². The molecule has 0 saturated heterocycles. The Kier molecular flexibility index (Phi) is 4.34. The highest BCUT2D eigenvalue weighted by Crippen LogP contribution is 2.37. The zero-order valence-electron chi connectivity index (χ0n) is 10.7. The largest absolute Gasteiger partial charge is 0.418 e. The van der Waals surface area contributed by atoms with Gasteiger partial charge in [-0.15, -0.1) is 0 Å². The van der Waals surface area contributed by atoms with Gasteiger partial charge in [-0.05, 0) is 30.3 Å². The maximum atomic E-state index is 12.8. The van der Waals surface area contributed by atoms with E-state index in [1.807, 2.05) is 0 Å². The van der Waals surface area contributed by atoms with Gasteiger partial charge in [0, 0.05) is 5.69 Å². The fourth-order valence-electron chi connectivity index (χ4n) is 1.77. The van der Waals surface area contributed by atoms with Crippen LogP contribution < -0.4 is 5.73 Å². The fraction of sp³-hybridized carbons (Fsp3) is 0.0769. The van der Waals surface area contributed by atoms with Crippen molar-refractivity contribution in [2.24, 2.45) is 0 Å². The van der Waals surface area contributed by atoms with Gasteiger partial charge in [-0.2, -0.15) is 13.2 Å². The third kappa shape index (κ3) is 3.02. The Morgan fingerprint density at radius 2 is 1.68 bits per heavy atom. The minimum absolute atomic E-state index is 0.0192. The Bertz CT molecular complexity index is 836. The average Bonchev–Trinajstić information content (AvgIpc) is 2.40. The molecule has 0 radical (unpaired) electrons. The van der Waals surface area contributed by atoms with Gasteiger partial charge >= 0.3 is 6.18 Å². The Morgan fingerprint density at radius 1 is 1.05 bits per heavy atom. The van der Waals surface area contributed by atoms with E-state index in [0.717, 1.165) is 18.2 Å². The van der Waals surface area contributed by atoms with Crippen LogP contribution in [0.25, 0.3) is 0 Å². The number of nitrogens with two attached hydrogens (primary N) is 1. The van der Waals surface area contributed by atoms with Gasteiger partial charge in [0.1, 0.15) is 0 Å². The zero-order valence-corrected chi connectivity index (χ0v) is 13.0. The van der Waals surface area contributed by atoms with Gasteiger partial charge in [0.2, 0.25) is 9.84 Å². The van der Waals surface area contributed by atoms with Crippen molar-refractivity contribution in [3.63, 3.8) is 0 Å². The highest BCUT2D eigenvalue weighted by molar-refractivity contribution is 7.91. The molecule has 0 atom stereocenters. The van der Waals surface area contributed by atoms with Gasteiger partial charge in [0.05, 0.1) is 25.4 Å².